The van der Waals surface area contributed by atoms with Crippen LogP contribution in [0.5, 0.6) is 0 Å². The Morgan fingerprint density at radius 1 is 1.38 bits per heavy atom. The number of hydrogen-bond acceptors (Lipinski definition) is 4. The van der Waals surface area contributed by atoms with Gasteiger partial charge in [-0.05, 0) is 25.9 Å². The second-order valence-corrected chi connectivity index (χ2v) is 6.85. The van der Waals surface area contributed by atoms with Gasteiger partial charge in [-0.1, -0.05) is 13.8 Å². The van der Waals surface area contributed by atoms with Gasteiger partial charge >= 0.3 is 0 Å². The van der Waals surface area contributed by atoms with Crippen molar-refractivity contribution in [1.82, 2.24) is 24.1 Å². The summed E-state index contributed by atoms with van der Waals surface area (Å²) in [5, 5.41) is 7.48. The van der Waals surface area contributed by atoms with Crippen molar-refractivity contribution in [3.63, 3.8) is 0 Å². The van der Waals surface area contributed by atoms with Crippen molar-refractivity contribution in [3.8, 4) is 0 Å². The van der Waals surface area contributed by atoms with Gasteiger partial charge in [0.15, 0.2) is 0 Å². The molecule has 7 nitrogen and oxygen atoms in total. The maximum absolute atomic E-state index is 12.1. The molecule has 0 saturated heterocycles. The van der Waals surface area contributed by atoms with E-state index in [4.69, 9.17) is 0 Å². The summed E-state index contributed by atoms with van der Waals surface area (Å²) in [7, 11) is -0.0101. The van der Waals surface area contributed by atoms with Gasteiger partial charge in [-0.15, -0.1) is 0 Å². The van der Waals surface area contributed by atoms with Crippen LogP contribution in [0.4, 0.5) is 0 Å². The average molecular weight is 317 g/mol. The molecule has 1 heterocycles. The van der Waals surface area contributed by atoms with Crippen molar-refractivity contribution in [3.05, 3.63) is 17.5 Å². The number of nitrogens with one attached hydrogen (secondary N) is 2. The Labute approximate surface area is 127 Å². The lowest BCUT2D eigenvalue weighted by Crippen LogP contribution is -2.39. The third-order valence-electron chi connectivity index (χ3n) is 3.26. The van der Waals surface area contributed by atoms with Crippen LogP contribution in [0.15, 0.2) is 6.20 Å². The maximum Gasteiger partial charge on any atom is 0.279 e. The molecule has 0 aromatic carbocycles. The third-order valence-corrected chi connectivity index (χ3v) is 4.77. The molecule has 0 saturated carbocycles. The van der Waals surface area contributed by atoms with Gasteiger partial charge in [0.25, 0.3) is 10.2 Å². The largest absolute Gasteiger partial charge is 0.317 e. The van der Waals surface area contributed by atoms with Gasteiger partial charge in [0.2, 0.25) is 0 Å². The van der Waals surface area contributed by atoms with Crippen molar-refractivity contribution < 1.29 is 8.42 Å². The lowest BCUT2D eigenvalue weighted by Gasteiger charge is -2.17. The summed E-state index contributed by atoms with van der Waals surface area (Å²) >= 11 is 0. The molecular formula is C13H27N5O2S. The van der Waals surface area contributed by atoms with E-state index in [2.05, 4.69) is 15.1 Å². The molecule has 0 aliphatic carbocycles. The zero-order valence-electron chi connectivity index (χ0n) is 13.4. The summed E-state index contributed by atoms with van der Waals surface area (Å²) in [6.07, 6.45) is 3.43. The molecule has 21 heavy (non-hydrogen) atoms. The monoisotopic (exact) mass is 317 g/mol. The second kappa shape index (κ2) is 8.47. The van der Waals surface area contributed by atoms with Crippen LogP contribution >= 0.6 is 0 Å². The molecule has 0 aliphatic heterocycles. The first-order valence-electron chi connectivity index (χ1n) is 7.33. The van der Waals surface area contributed by atoms with Crippen molar-refractivity contribution in [2.24, 2.45) is 7.05 Å². The fraction of sp³-hybridized carbons (Fsp3) is 0.769. The Morgan fingerprint density at radius 2 is 2.10 bits per heavy atom. The standard InChI is InChI=1S/C13H27N5O2S/c1-5-13-12(11-17(3)16-13)10-15-21(19,20)18(4)9-7-8-14-6-2/h11,14-15H,5-10H2,1-4H3. The summed E-state index contributed by atoms with van der Waals surface area (Å²) in [6.45, 7) is 6.52. The van der Waals surface area contributed by atoms with Crippen LogP contribution in [0.3, 0.4) is 0 Å². The van der Waals surface area contributed by atoms with E-state index in [1.165, 1.54) is 4.31 Å². The van der Waals surface area contributed by atoms with Crippen LogP contribution in [-0.4, -0.2) is 49.2 Å². The Bertz CT molecular complexity index is 527. The first-order chi connectivity index (χ1) is 9.90. The van der Waals surface area contributed by atoms with Crippen molar-refractivity contribution in [1.29, 1.82) is 0 Å². The SMILES string of the molecule is CCNCCCN(C)S(=O)(=O)NCc1cn(C)nc1CC. The molecule has 0 bridgehead atoms. The van der Waals surface area contributed by atoms with Gasteiger partial charge in [-0.2, -0.15) is 22.5 Å². The fourth-order valence-corrected chi connectivity index (χ4v) is 2.96. The lowest BCUT2D eigenvalue weighted by molar-refractivity contribution is 0.445. The van der Waals surface area contributed by atoms with Crippen molar-refractivity contribution >= 4 is 10.2 Å². The number of rotatable bonds is 10. The average Bonchev–Trinajstić information content (AvgIpc) is 2.81. The van der Waals surface area contributed by atoms with Crippen molar-refractivity contribution in [2.75, 3.05) is 26.7 Å². The predicted molar refractivity (Wildman–Crippen MR) is 84.1 cm³/mol. The lowest BCUT2D eigenvalue weighted by atomic mass is 10.2. The number of nitrogens with zero attached hydrogens (tertiary/aromatic N) is 3. The van der Waals surface area contributed by atoms with E-state index in [9.17, 15) is 8.42 Å². The summed E-state index contributed by atoms with van der Waals surface area (Å²) in [4.78, 5) is 0. The minimum Gasteiger partial charge on any atom is -0.317 e. The molecule has 122 valence electrons. The fourth-order valence-electron chi connectivity index (χ4n) is 2.03. The number of aryl methyl sites for hydroxylation is 2. The molecule has 8 heteroatoms. The minimum absolute atomic E-state index is 0.275. The van der Waals surface area contributed by atoms with E-state index < -0.39 is 10.2 Å². The molecule has 0 aliphatic rings. The van der Waals surface area contributed by atoms with E-state index >= 15 is 0 Å². The number of aromatic nitrogens is 2. The highest BCUT2D eigenvalue weighted by molar-refractivity contribution is 7.87. The first kappa shape index (κ1) is 18.1. The van der Waals surface area contributed by atoms with Crippen LogP contribution in [0.1, 0.15) is 31.5 Å². The zero-order chi connectivity index (χ0) is 15.9. The molecule has 1 aromatic heterocycles. The molecular weight excluding hydrogens is 290 g/mol. The topological polar surface area (TPSA) is 79.3 Å². The maximum atomic E-state index is 12.1. The van der Waals surface area contributed by atoms with E-state index in [1.54, 1.807) is 11.7 Å². The van der Waals surface area contributed by atoms with Crippen LogP contribution < -0.4 is 10.0 Å². The summed E-state index contributed by atoms with van der Waals surface area (Å²) in [6, 6.07) is 0. The zero-order valence-corrected chi connectivity index (χ0v) is 14.2. The highest BCUT2D eigenvalue weighted by atomic mass is 32.2. The first-order valence-corrected chi connectivity index (χ1v) is 8.77. The van der Waals surface area contributed by atoms with Crippen LogP contribution in [0.2, 0.25) is 0 Å². The quantitative estimate of drug-likeness (QED) is 0.606. The molecule has 2 N–H and O–H groups in total. The summed E-state index contributed by atoms with van der Waals surface area (Å²) in [5.41, 5.74) is 1.85. The van der Waals surface area contributed by atoms with E-state index in [0.717, 1.165) is 37.2 Å². The Morgan fingerprint density at radius 3 is 2.71 bits per heavy atom. The predicted octanol–water partition coefficient (Wildman–Crippen LogP) is 0.248. The van der Waals surface area contributed by atoms with Gasteiger partial charge in [-0.3, -0.25) is 4.68 Å². The molecule has 0 fully saturated rings. The molecule has 0 unspecified atom stereocenters. The smallest absolute Gasteiger partial charge is 0.279 e. The Hall–Kier alpha value is -0.960. The normalized spacial score (nSPS) is 12.2. The summed E-state index contributed by atoms with van der Waals surface area (Å²) < 4.78 is 30.0. The molecule has 0 radical (unpaired) electrons. The van der Waals surface area contributed by atoms with Crippen LogP contribution in [0.25, 0.3) is 0 Å². The van der Waals surface area contributed by atoms with E-state index in [-0.39, 0.29) is 6.54 Å². The Kier molecular flexibility index (Phi) is 7.30. The van der Waals surface area contributed by atoms with Gasteiger partial charge in [-0.25, -0.2) is 0 Å². The molecule has 1 rings (SSSR count). The van der Waals surface area contributed by atoms with Crippen molar-refractivity contribution in [2.45, 2.75) is 33.2 Å². The molecule has 0 amide bonds. The van der Waals surface area contributed by atoms with Gasteiger partial charge < -0.3 is 5.32 Å². The third kappa shape index (κ3) is 5.74. The second-order valence-electron chi connectivity index (χ2n) is 4.98. The van der Waals surface area contributed by atoms with Crippen LogP contribution in [-0.2, 0) is 30.2 Å². The van der Waals surface area contributed by atoms with Gasteiger partial charge in [0.1, 0.15) is 0 Å². The van der Waals surface area contributed by atoms with E-state index in [1.807, 2.05) is 27.1 Å². The van der Waals surface area contributed by atoms with Gasteiger partial charge in [0, 0.05) is 38.9 Å². The summed E-state index contributed by atoms with van der Waals surface area (Å²) in [5.74, 6) is 0. The number of hydrogen-bond donors (Lipinski definition) is 2. The molecule has 0 atom stereocenters. The minimum atomic E-state index is -3.44. The molecule has 1 aromatic rings. The van der Waals surface area contributed by atoms with Crippen LogP contribution in [0, 0.1) is 0 Å². The highest BCUT2D eigenvalue weighted by Gasteiger charge is 2.17. The Balaban J connectivity index is 2.51. The van der Waals surface area contributed by atoms with E-state index in [0.29, 0.717) is 6.54 Å². The van der Waals surface area contributed by atoms with Gasteiger partial charge in [0.05, 0.1) is 5.69 Å². The molecule has 0 spiro atoms. The highest BCUT2D eigenvalue weighted by Crippen LogP contribution is 2.08.